The Bertz CT molecular complexity index is 208. The molecular formula is C9H18N2O4. The van der Waals surface area contributed by atoms with Gasteiger partial charge < -0.3 is 20.9 Å². The van der Waals surface area contributed by atoms with E-state index in [9.17, 15) is 9.59 Å². The van der Waals surface area contributed by atoms with Crippen LogP contribution in [0.5, 0.6) is 0 Å². The zero-order valence-corrected chi connectivity index (χ0v) is 8.86. The van der Waals surface area contributed by atoms with Gasteiger partial charge in [-0.15, -0.1) is 0 Å². The van der Waals surface area contributed by atoms with E-state index in [1.165, 1.54) is 7.11 Å². The van der Waals surface area contributed by atoms with Crippen LogP contribution in [0.1, 0.15) is 19.3 Å². The molecule has 1 unspecified atom stereocenters. The van der Waals surface area contributed by atoms with E-state index in [0.29, 0.717) is 13.0 Å². The summed E-state index contributed by atoms with van der Waals surface area (Å²) in [6, 6.07) is -0.786. The normalized spacial score (nSPS) is 12.1. The van der Waals surface area contributed by atoms with Gasteiger partial charge in [0.05, 0.1) is 13.7 Å². The number of nitrogens with two attached hydrogens (primary N) is 1. The van der Waals surface area contributed by atoms with Crippen LogP contribution in [0.15, 0.2) is 0 Å². The number of methoxy groups -OCH3 is 1. The predicted octanol–water partition coefficient (Wildman–Crippen LogP) is -0.669. The van der Waals surface area contributed by atoms with Gasteiger partial charge >= 0.3 is 11.9 Å². The number of ether oxygens (including phenoxy) is 1. The molecule has 0 amide bonds. The molecule has 0 bridgehead atoms. The Kier molecular flexibility index (Phi) is 7.57. The van der Waals surface area contributed by atoms with Crippen molar-refractivity contribution < 1.29 is 19.4 Å². The zero-order valence-electron chi connectivity index (χ0n) is 8.86. The first-order valence-corrected chi connectivity index (χ1v) is 4.84. The van der Waals surface area contributed by atoms with Crippen molar-refractivity contribution in [3.63, 3.8) is 0 Å². The average molecular weight is 218 g/mol. The molecule has 0 fully saturated rings. The zero-order chi connectivity index (χ0) is 11.7. The van der Waals surface area contributed by atoms with Crippen LogP contribution < -0.4 is 11.1 Å². The summed E-state index contributed by atoms with van der Waals surface area (Å²) in [4.78, 5) is 21.0. The van der Waals surface area contributed by atoms with Crippen molar-refractivity contribution in [1.29, 1.82) is 0 Å². The molecule has 0 saturated heterocycles. The van der Waals surface area contributed by atoms with E-state index in [4.69, 9.17) is 10.8 Å². The molecule has 88 valence electrons. The molecular weight excluding hydrogens is 200 g/mol. The highest BCUT2D eigenvalue weighted by atomic mass is 16.5. The first-order chi connectivity index (χ1) is 7.07. The molecule has 0 aliphatic rings. The molecule has 0 aromatic heterocycles. The minimum atomic E-state index is -0.975. The molecule has 0 spiro atoms. The van der Waals surface area contributed by atoms with Crippen molar-refractivity contribution in [1.82, 2.24) is 5.32 Å². The third-order valence-electron chi connectivity index (χ3n) is 1.93. The van der Waals surface area contributed by atoms with E-state index in [1.807, 2.05) is 0 Å². The number of carbonyl (C=O) groups excluding carboxylic acids is 1. The molecule has 0 aromatic carbocycles. The monoisotopic (exact) mass is 218 g/mol. The van der Waals surface area contributed by atoms with E-state index in [1.54, 1.807) is 0 Å². The molecule has 4 N–H and O–H groups in total. The summed E-state index contributed by atoms with van der Waals surface area (Å²) >= 11 is 0. The fourth-order valence-corrected chi connectivity index (χ4v) is 1.00. The lowest BCUT2D eigenvalue weighted by molar-refractivity contribution is -0.140. The Morgan fingerprint density at radius 2 is 2.13 bits per heavy atom. The smallest absolute Gasteiger partial charge is 0.320 e. The maximum absolute atomic E-state index is 10.7. The maximum Gasteiger partial charge on any atom is 0.320 e. The Hall–Kier alpha value is -1.14. The number of carboxylic acid groups (broad SMARTS) is 1. The van der Waals surface area contributed by atoms with Gasteiger partial charge in [0, 0.05) is 0 Å². The summed E-state index contributed by atoms with van der Waals surface area (Å²) < 4.78 is 4.43. The number of hydrogen-bond donors (Lipinski definition) is 3. The SMILES string of the molecule is COC(=O)CNCCCCC(N)C(=O)O. The molecule has 0 aliphatic heterocycles. The van der Waals surface area contributed by atoms with Crippen LogP contribution in [-0.2, 0) is 14.3 Å². The van der Waals surface area contributed by atoms with Gasteiger partial charge in [0.2, 0.25) is 0 Å². The minimum Gasteiger partial charge on any atom is -0.480 e. The number of carbonyl (C=O) groups is 2. The van der Waals surface area contributed by atoms with Gasteiger partial charge in [-0.3, -0.25) is 9.59 Å². The fourth-order valence-electron chi connectivity index (χ4n) is 1.00. The van der Waals surface area contributed by atoms with Crippen LogP contribution in [0.25, 0.3) is 0 Å². The molecule has 15 heavy (non-hydrogen) atoms. The van der Waals surface area contributed by atoms with Crippen molar-refractivity contribution in [3.05, 3.63) is 0 Å². The minimum absolute atomic E-state index is 0.182. The lowest BCUT2D eigenvalue weighted by Crippen LogP contribution is -2.30. The lowest BCUT2D eigenvalue weighted by atomic mass is 10.1. The number of carboxylic acids is 1. The molecule has 0 saturated carbocycles. The highest BCUT2D eigenvalue weighted by molar-refractivity contribution is 5.73. The first kappa shape index (κ1) is 13.9. The van der Waals surface area contributed by atoms with E-state index in [0.717, 1.165) is 12.8 Å². The molecule has 0 heterocycles. The van der Waals surface area contributed by atoms with Crippen LogP contribution in [0.2, 0.25) is 0 Å². The fraction of sp³-hybridized carbons (Fsp3) is 0.778. The summed E-state index contributed by atoms with van der Waals surface area (Å²) in [5.41, 5.74) is 5.31. The number of unbranched alkanes of at least 4 members (excludes halogenated alkanes) is 1. The summed E-state index contributed by atoms with van der Waals surface area (Å²) in [5.74, 6) is -1.28. The molecule has 0 radical (unpaired) electrons. The van der Waals surface area contributed by atoms with Crippen molar-refractivity contribution >= 4 is 11.9 Å². The van der Waals surface area contributed by atoms with Gasteiger partial charge in [0.15, 0.2) is 0 Å². The molecule has 0 aliphatic carbocycles. The summed E-state index contributed by atoms with van der Waals surface area (Å²) in [6.07, 6.45) is 1.97. The van der Waals surface area contributed by atoms with Crippen molar-refractivity contribution in [2.75, 3.05) is 20.2 Å². The van der Waals surface area contributed by atoms with E-state index in [2.05, 4.69) is 10.1 Å². The molecule has 1 atom stereocenters. The standard InChI is InChI=1S/C9H18N2O4/c1-15-8(12)6-11-5-3-2-4-7(10)9(13)14/h7,11H,2-6,10H2,1H3,(H,13,14). The van der Waals surface area contributed by atoms with E-state index in [-0.39, 0.29) is 12.5 Å². The lowest BCUT2D eigenvalue weighted by Gasteiger charge is -2.06. The van der Waals surface area contributed by atoms with Crippen LogP contribution in [0.3, 0.4) is 0 Å². The number of esters is 1. The second kappa shape index (κ2) is 8.19. The Balaban J connectivity index is 3.25. The van der Waals surface area contributed by atoms with Gasteiger partial charge in [-0.25, -0.2) is 0 Å². The number of hydrogen-bond acceptors (Lipinski definition) is 5. The Morgan fingerprint density at radius 1 is 1.47 bits per heavy atom. The third-order valence-corrected chi connectivity index (χ3v) is 1.93. The second-order valence-electron chi connectivity index (χ2n) is 3.19. The van der Waals surface area contributed by atoms with Crippen molar-refractivity contribution in [3.8, 4) is 0 Å². The Morgan fingerprint density at radius 3 is 2.67 bits per heavy atom. The van der Waals surface area contributed by atoms with Crippen LogP contribution in [0, 0.1) is 0 Å². The third kappa shape index (κ3) is 7.90. The van der Waals surface area contributed by atoms with Gasteiger partial charge in [0.1, 0.15) is 6.04 Å². The summed E-state index contributed by atoms with van der Waals surface area (Å²) in [7, 11) is 1.33. The number of rotatable bonds is 8. The summed E-state index contributed by atoms with van der Waals surface area (Å²) in [6.45, 7) is 0.836. The molecule has 0 aromatic rings. The van der Waals surface area contributed by atoms with Crippen LogP contribution >= 0.6 is 0 Å². The quantitative estimate of drug-likeness (QED) is 0.369. The van der Waals surface area contributed by atoms with E-state index < -0.39 is 12.0 Å². The molecule has 0 rings (SSSR count). The van der Waals surface area contributed by atoms with Gasteiger partial charge in [0.25, 0.3) is 0 Å². The maximum atomic E-state index is 10.7. The summed E-state index contributed by atoms with van der Waals surface area (Å²) in [5, 5.41) is 11.4. The Labute approximate surface area is 88.8 Å². The van der Waals surface area contributed by atoms with Crippen LogP contribution in [-0.4, -0.2) is 43.3 Å². The van der Waals surface area contributed by atoms with Crippen molar-refractivity contribution in [2.24, 2.45) is 5.73 Å². The largest absolute Gasteiger partial charge is 0.480 e. The molecule has 6 heteroatoms. The van der Waals surface area contributed by atoms with Crippen LogP contribution in [0.4, 0.5) is 0 Å². The second-order valence-corrected chi connectivity index (χ2v) is 3.19. The van der Waals surface area contributed by atoms with Gasteiger partial charge in [-0.2, -0.15) is 0 Å². The van der Waals surface area contributed by atoms with Gasteiger partial charge in [-0.1, -0.05) is 6.42 Å². The molecule has 6 nitrogen and oxygen atoms in total. The predicted molar refractivity (Wildman–Crippen MR) is 54.3 cm³/mol. The van der Waals surface area contributed by atoms with Gasteiger partial charge in [-0.05, 0) is 19.4 Å². The highest BCUT2D eigenvalue weighted by Gasteiger charge is 2.09. The van der Waals surface area contributed by atoms with Crippen molar-refractivity contribution in [2.45, 2.75) is 25.3 Å². The highest BCUT2D eigenvalue weighted by Crippen LogP contribution is 1.97. The number of nitrogens with one attached hydrogen (secondary N) is 1. The number of aliphatic carboxylic acids is 1. The van der Waals surface area contributed by atoms with E-state index >= 15 is 0 Å². The topological polar surface area (TPSA) is 102 Å². The first-order valence-electron chi connectivity index (χ1n) is 4.84. The average Bonchev–Trinajstić information content (AvgIpc) is 2.22.